The number of carbonyl (C=O) groups excluding carboxylic acids is 2. The van der Waals surface area contributed by atoms with Crippen molar-refractivity contribution >= 4 is 33.5 Å². The van der Waals surface area contributed by atoms with Gasteiger partial charge in [0, 0.05) is 26.2 Å². The Labute approximate surface area is 199 Å². The third-order valence-electron chi connectivity index (χ3n) is 6.34. The second-order valence-corrected chi connectivity index (χ2v) is 11.0. The maximum atomic E-state index is 13.3. The van der Waals surface area contributed by atoms with Gasteiger partial charge in [-0.3, -0.25) is 4.79 Å². The first kappa shape index (κ1) is 23.7. The number of amides is 1. The average molecular weight is 491 g/mol. The molecule has 1 amide bonds. The summed E-state index contributed by atoms with van der Waals surface area (Å²) in [6, 6.07) is 11.7. The molecule has 0 atom stereocenters. The number of piperidine rings is 1. The van der Waals surface area contributed by atoms with Gasteiger partial charge in [-0.05, 0) is 54.5 Å². The number of likely N-dealkylation sites (tertiary alicyclic amines) is 1. The smallest absolute Gasteiger partial charge is 0.338 e. The van der Waals surface area contributed by atoms with Crippen LogP contribution in [0.4, 0.5) is 0 Å². The number of carbonyl (C=O) groups is 2. The highest BCUT2D eigenvalue weighted by Gasteiger charge is 2.31. The Morgan fingerprint density at radius 1 is 1.06 bits per heavy atom. The third kappa shape index (κ3) is 5.23. The van der Waals surface area contributed by atoms with Gasteiger partial charge in [-0.2, -0.15) is 4.31 Å². The predicted octanol–water partition coefficient (Wildman–Crippen LogP) is 3.50. The van der Waals surface area contributed by atoms with E-state index < -0.39 is 16.0 Å². The molecule has 1 fully saturated rings. The monoisotopic (exact) mass is 490 g/mol. The molecule has 0 bridgehead atoms. The standard InChI is InChI=1S/C24H27ClN2O5S/c1-17-8-11-26(12-9-17)23(28)16-32-24(29)19-6-7-21(25)22(14-19)33(30,31)27-13-10-18-4-2-3-5-20(18)15-27/h2-7,14,17H,8-13,15-16H2,1H3. The summed E-state index contributed by atoms with van der Waals surface area (Å²) in [5.41, 5.74) is 2.11. The summed E-state index contributed by atoms with van der Waals surface area (Å²) in [7, 11) is -3.93. The summed E-state index contributed by atoms with van der Waals surface area (Å²) in [5, 5.41) is 0.0314. The number of hydrogen-bond acceptors (Lipinski definition) is 5. The summed E-state index contributed by atoms with van der Waals surface area (Å²) >= 11 is 6.23. The van der Waals surface area contributed by atoms with Gasteiger partial charge in [0.05, 0.1) is 10.6 Å². The van der Waals surface area contributed by atoms with Gasteiger partial charge in [-0.25, -0.2) is 13.2 Å². The minimum absolute atomic E-state index is 0.0314. The second-order valence-electron chi connectivity index (χ2n) is 8.64. The molecule has 33 heavy (non-hydrogen) atoms. The molecule has 0 saturated carbocycles. The van der Waals surface area contributed by atoms with Crippen LogP contribution in [0.2, 0.25) is 5.02 Å². The minimum atomic E-state index is -3.93. The van der Waals surface area contributed by atoms with Crippen LogP contribution in [-0.4, -0.2) is 55.7 Å². The largest absolute Gasteiger partial charge is 0.452 e. The van der Waals surface area contributed by atoms with E-state index >= 15 is 0 Å². The van der Waals surface area contributed by atoms with E-state index in [0.29, 0.717) is 32.0 Å². The van der Waals surface area contributed by atoms with Crippen molar-refractivity contribution in [2.75, 3.05) is 26.2 Å². The molecule has 2 heterocycles. The summed E-state index contributed by atoms with van der Waals surface area (Å²) in [5.74, 6) is -0.422. The average Bonchev–Trinajstić information content (AvgIpc) is 2.82. The minimum Gasteiger partial charge on any atom is -0.452 e. The van der Waals surface area contributed by atoms with Gasteiger partial charge in [-0.15, -0.1) is 0 Å². The topological polar surface area (TPSA) is 84.0 Å². The maximum Gasteiger partial charge on any atom is 0.338 e. The van der Waals surface area contributed by atoms with Crippen LogP contribution in [0.3, 0.4) is 0 Å². The number of ether oxygens (including phenoxy) is 1. The van der Waals surface area contributed by atoms with E-state index in [4.69, 9.17) is 16.3 Å². The number of nitrogens with zero attached hydrogens (tertiary/aromatic N) is 2. The Kier molecular flexibility index (Phi) is 7.07. The molecule has 4 rings (SSSR count). The second kappa shape index (κ2) is 9.83. The number of esters is 1. The molecule has 0 spiro atoms. The van der Waals surface area contributed by atoms with Gasteiger partial charge in [0.2, 0.25) is 10.0 Å². The first-order valence-corrected chi connectivity index (χ1v) is 12.9. The number of hydrogen-bond donors (Lipinski definition) is 0. The third-order valence-corrected chi connectivity index (χ3v) is 8.67. The molecule has 2 aliphatic rings. The lowest BCUT2D eigenvalue weighted by Gasteiger charge is -2.30. The summed E-state index contributed by atoms with van der Waals surface area (Å²) in [6.07, 6.45) is 2.46. The number of benzene rings is 2. The van der Waals surface area contributed by atoms with Gasteiger partial charge in [0.1, 0.15) is 4.90 Å². The van der Waals surface area contributed by atoms with Gasteiger partial charge in [0.25, 0.3) is 5.91 Å². The van der Waals surface area contributed by atoms with E-state index in [2.05, 4.69) is 6.92 Å². The quantitative estimate of drug-likeness (QED) is 0.599. The van der Waals surface area contributed by atoms with Gasteiger partial charge in [-0.1, -0.05) is 42.8 Å². The van der Waals surface area contributed by atoms with Gasteiger partial charge >= 0.3 is 5.97 Å². The predicted molar refractivity (Wildman–Crippen MR) is 124 cm³/mol. The molecule has 0 aliphatic carbocycles. The van der Waals surface area contributed by atoms with E-state index in [1.165, 1.54) is 22.5 Å². The lowest BCUT2D eigenvalue weighted by Crippen LogP contribution is -2.40. The molecule has 9 heteroatoms. The Hall–Kier alpha value is -2.42. The maximum absolute atomic E-state index is 13.3. The van der Waals surface area contributed by atoms with E-state index in [1.807, 2.05) is 24.3 Å². The first-order chi connectivity index (χ1) is 15.8. The van der Waals surface area contributed by atoms with Crippen molar-refractivity contribution in [2.45, 2.75) is 37.6 Å². The highest BCUT2D eigenvalue weighted by Crippen LogP contribution is 2.30. The van der Waals surface area contributed by atoms with Crippen molar-refractivity contribution in [1.29, 1.82) is 0 Å². The normalized spacial score (nSPS) is 17.5. The Morgan fingerprint density at radius 3 is 2.48 bits per heavy atom. The fourth-order valence-corrected chi connectivity index (χ4v) is 6.12. The van der Waals surface area contributed by atoms with Crippen LogP contribution in [0.25, 0.3) is 0 Å². The Balaban J connectivity index is 1.46. The van der Waals surface area contributed by atoms with Crippen molar-refractivity contribution in [3.8, 4) is 0 Å². The SMILES string of the molecule is CC1CCN(C(=O)COC(=O)c2ccc(Cl)c(S(=O)(=O)N3CCc4ccccc4C3)c2)CC1. The molecule has 1 saturated heterocycles. The number of halogens is 1. The highest BCUT2D eigenvalue weighted by atomic mass is 35.5. The molecule has 176 valence electrons. The molecule has 2 aliphatic heterocycles. The van der Waals surface area contributed by atoms with E-state index in [1.54, 1.807) is 4.90 Å². The van der Waals surface area contributed by atoms with Gasteiger partial charge in [0.15, 0.2) is 6.61 Å². The molecule has 0 radical (unpaired) electrons. The van der Waals surface area contributed by atoms with Crippen LogP contribution >= 0.6 is 11.6 Å². The molecule has 7 nitrogen and oxygen atoms in total. The molecular weight excluding hydrogens is 464 g/mol. The van der Waals surface area contributed by atoms with E-state index in [0.717, 1.165) is 24.0 Å². The van der Waals surface area contributed by atoms with Crippen LogP contribution in [0.1, 0.15) is 41.3 Å². The number of fused-ring (bicyclic) bond motifs is 1. The molecule has 2 aromatic carbocycles. The summed E-state index contributed by atoms with van der Waals surface area (Å²) in [6.45, 7) is 3.65. The molecule has 0 unspecified atom stereocenters. The zero-order chi connectivity index (χ0) is 23.6. The lowest BCUT2D eigenvalue weighted by molar-refractivity contribution is -0.135. The Bertz CT molecular complexity index is 1160. The highest BCUT2D eigenvalue weighted by molar-refractivity contribution is 7.89. The zero-order valence-electron chi connectivity index (χ0n) is 18.5. The van der Waals surface area contributed by atoms with Crippen LogP contribution in [-0.2, 0) is 32.5 Å². The van der Waals surface area contributed by atoms with E-state index in [9.17, 15) is 18.0 Å². The Morgan fingerprint density at radius 2 is 1.76 bits per heavy atom. The number of rotatable bonds is 5. The van der Waals surface area contributed by atoms with Crippen molar-refractivity contribution in [3.63, 3.8) is 0 Å². The van der Waals surface area contributed by atoms with Crippen molar-refractivity contribution < 1.29 is 22.7 Å². The van der Waals surface area contributed by atoms with Crippen molar-refractivity contribution in [1.82, 2.24) is 9.21 Å². The van der Waals surface area contributed by atoms with Crippen LogP contribution < -0.4 is 0 Å². The lowest BCUT2D eigenvalue weighted by atomic mass is 9.99. The zero-order valence-corrected chi connectivity index (χ0v) is 20.1. The fraction of sp³-hybridized carbons (Fsp3) is 0.417. The van der Waals surface area contributed by atoms with Crippen LogP contribution in [0.15, 0.2) is 47.4 Å². The fourth-order valence-electron chi connectivity index (χ4n) is 4.20. The molecular formula is C24H27ClN2O5S. The summed E-state index contributed by atoms with van der Waals surface area (Å²) < 4.78 is 33.2. The summed E-state index contributed by atoms with van der Waals surface area (Å²) in [4.78, 5) is 26.5. The van der Waals surface area contributed by atoms with E-state index in [-0.39, 0.29) is 34.5 Å². The van der Waals surface area contributed by atoms with Crippen LogP contribution in [0.5, 0.6) is 0 Å². The van der Waals surface area contributed by atoms with Crippen LogP contribution in [0, 0.1) is 5.92 Å². The van der Waals surface area contributed by atoms with Crippen molar-refractivity contribution in [2.24, 2.45) is 5.92 Å². The molecule has 0 N–H and O–H groups in total. The molecule has 2 aromatic rings. The molecule has 0 aromatic heterocycles. The van der Waals surface area contributed by atoms with Gasteiger partial charge < -0.3 is 9.64 Å². The van der Waals surface area contributed by atoms with Crippen molar-refractivity contribution in [3.05, 3.63) is 64.2 Å². The first-order valence-electron chi connectivity index (χ1n) is 11.1. The number of sulfonamides is 1.